The van der Waals surface area contributed by atoms with Crippen molar-refractivity contribution in [1.29, 1.82) is 0 Å². The Balaban J connectivity index is 1.84. The molecule has 0 aromatic rings. The third kappa shape index (κ3) is 2.41. The monoisotopic (exact) mass is 226 g/mol. The smallest absolute Gasteiger partial charge is 0.0471 e. The molecule has 0 amide bonds. The van der Waals surface area contributed by atoms with Gasteiger partial charge in [0.2, 0.25) is 0 Å². The molecular formula is C13H26N2O. The summed E-state index contributed by atoms with van der Waals surface area (Å²) >= 11 is 0. The highest BCUT2D eigenvalue weighted by Crippen LogP contribution is 2.34. The molecular weight excluding hydrogens is 200 g/mol. The number of rotatable bonds is 4. The van der Waals surface area contributed by atoms with Gasteiger partial charge in [-0.1, -0.05) is 6.92 Å². The average molecular weight is 226 g/mol. The molecule has 2 aliphatic heterocycles. The first-order valence-corrected chi connectivity index (χ1v) is 6.70. The molecule has 0 radical (unpaired) electrons. The molecule has 2 rings (SSSR count). The quantitative estimate of drug-likeness (QED) is 0.756. The van der Waals surface area contributed by atoms with Gasteiger partial charge in [0, 0.05) is 30.8 Å². The van der Waals surface area contributed by atoms with Gasteiger partial charge in [-0.2, -0.15) is 0 Å². The Morgan fingerprint density at radius 3 is 2.31 bits per heavy atom. The lowest BCUT2D eigenvalue weighted by molar-refractivity contribution is 0.131. The van der Waals surface area contributed by atoms with Gasteiger partial charge in [-0.3, -0.25) is 0 Å². The maximum Gasteiger partial charge on any atom is 0.0471 e. The van der Waals surface area contributed by atoms with Crippen molar-refractivity contribution in [1.82, 2.24) is 10.2 Å². The highest BCUT2D eigenvalue weighted by molar-refractivity contribution is 4.96. The van der Waals surface area contributed by atoms with E-state index in [2.05, 4.69) is 31.1 Å². The molecule has 2 saturated heterocycles. The average Bonchev–Trinajstić information content (AvgIpc) is 2.52. The second kappa shape index (κ2) is 5.03. The van der Waals surface area contributed by atoms with Crippen LogP contribution in [0.25, 0.3) is 0 Å². The number of piperidine rings is 1. The number of aliphatic hydroxyl groups is 1. The van der Waals surface area contributed by atoms with Gasteiger partial charge in [0.1, 0.15) is 0 Å². The topological polar surface area (TPSA) is 35.5 Å². The summed E-state index contributed by atoms with van der Waals surface area (Å²) in [5.41, 5.74) is 0. The molecule has 3 heteroatoms. The molecule has 2 aliphatic rings. The number of hydrogen-bond acceptors (Lipinski definition) is 3. The Kier molecular flexibility index (Phi) is 3.88. The molecule has 4 unspecified atom stereocenters. The van der Waals surface area contributed by atoms with Crippen LogP contribution in [-0.2, 0) is 0 Å². The zero-order chi connectivity index (χ0) is 11.7. The Labute approximate surface area is 99.2 Å². The predicted molar refractivity (Wildman–Crippen MR) is 66.4 cm³/mol. The minimum absolute atomic E-state index is 0.285. The van der Waals surface area contributed by atoms with Crippen molar-refractivity contribution in [3.05, 3.63) is 0 Å². The van der Waals surface area contributed by atoms with E-state index in [0.29, 0.717) is 18.0 Å². The molecule has 0 saturated carbocycles. The van der Waals surface area contributed by atoms with Gasteiger partial charge in [-0.15, -0.1) is 0 Å². The zero-order valence-corrected chi connectivity index (χ0v) is 10.8. The van der Waals surface area contributed by atoms with Crippen LogP contribution in [0.1, 0.15) is 39.5 Å². The van der Waals surface area contributed by atoms with E-state index in [1.54, 1.807) is 0 Å². The van der Waals surface area contributed by atoms with Crippen molar-refractivity contribution in [2.45, 2.75) is 63.7 Å². The molecule has 0 aromatic heterocycles. The fraction of sp³-hybridized carbons (Fsp3) is 1.00. The molecule has 4 atom stereocenters. The molecule has 2 N–H and O–H groups in total. The summed E-state index contributed by atoms with van der Waals surface area (Å²) in [4.78, 5) is 2.57. The second-order valence-electron chi connectivity index (χ2n) is 5.83. The van der Waals surface area contributed by atoms with Gasteiger partial charge in [-0.25, -0.2) is 0 Å². The lowest BCUT2D eigenvalue weighted by Gasteiger charge is -2.38. The fourth-order valence-electron chi connectivity index (χ4n) is 3.24. The van der Waals surface area contributed by atoms with Crippen molar-refractivity contribution in [3.63, 3.8) is 0 Å². The van der Waals surface area contributed by atoms with Crippen molar-refractivity contribution >= 4 is 0 Å². The van der Waals surface area contributed by atoms with Gasteiger partial charge in [0.05, 0.1) is 0 Å². The van der Waals surface area contributed by atoms with Crippen LogP contribution >= 0.6 is 0 Å². The Morgan fingerprint density at radius 2 is 1.81 bits per heavy atom. The Bertz CT molecular complexity index is 220. The predicted octanol–water partition coefficient (Wildman–Crippen LogP) is 1.22. The van der Waals surface area contributed by atoms with E-state index in [4.69, 9.17) is 5.11 Å². The Hall–Kier alpha value is -0.120. The molecule has 0 aromatic carbocycles. The molecule has 2 fully saturated rings. The van der Waals surface area contributed by atoms with Crippen LogP contribution in [0, 0.1) is 5.92 Å². The van der Waals surface area contributed by atoms with Crippen molar-refractivity contribution in [3.8, 4) is 0 Å². The van der Waals surface area contributed by atoms with Gasteiger partial charge in [0.25, 0.3) is 0 Å². The third-order valence-corrected chi connectivity index (χ3v) is 4.74. The second-order valence-corrected chi connectivity index (χ2v) is 5.83. The minimum atomic E-state index is 0.285. The van der Waals surface area contributed by atoms with Crippen LogP contribution < -0.4 is 5.32 Å². The summed E-state index contributed by atoms with van der Waals surface area (Å²) in [5, 5.41) is 12.8. The van der Waals surface area contributed by atoms with Crippen LogP contribution in [0.15, 0.2) is 0 Å². The van der Waals surface area contributed by atoms with E-state index in [1.165, 1.54) is 25.7 Å². The molecule has 16 heavy (non-hydrogen) atoms. The van der Waals surface area contributed by atoms with Crippen LogP contribution in [0.5, 0.6) is 0 Å². The van der Waals surface area contributed by atoms with Crippen molar-refractivity contribution in [2.24, 2.45) is 5.92 Å². The Morgan fingerprint density at radius 1 is 1.25 bits per heavy atom. The summed E-state index contributed by atoms with van der Waals surface area (Å²) in [7, 11) is 2.28. The maximum atomic E-state index is 9.14. The van der Waals surface area contributed by atoms with E-state index >= 15 is 0 Å². The molecule has 0 aliphatic carbocycles. The van der Waals surface area contributed by atoms with E-state index in [1.807, 2.05) is 0 Å². The first-order chi connectivity index (χ1) is 7.61. The number of nitrogens with one attached hydrogen (secondary N) is 1. The normalized spacial score (nSPS) is 38.6. The van der Waals surface area contributed by atoms with E-state index in [0.717, 1.165) is 12.1 Å². The number of nitrogens with zero attached hydrogens (tertiary/aromatic N) is 1. The maximum absolute atomic E-state index is 9.14. The van der Waals surface area contributed by atoms with Crippen LogP contribution in [-0.4, -0.2) is 47.8 Å². The van der Waals surface area contributed by atoms with Crippen LogP contribution in [0.2, 0.25) is 0 Å². The highest BCUT2D eigenvalue weighted by atomic mass is 16.3. The minimum Gasteiger partial charge on any atom is -0.396 e. The number of aliphatic hydroxyl groups excluding tert-OH is 1. The molecule has 0 spiro atoms. The van der Waals surface area contributed by atoms with Crippen molar-refractivity contribution < 1.29 is 5.11 Å². The summed E-state index contributed by atoms with van der Waals surface area (Å²) in [6.07, 6.45) is 5.33. The molecule has 3 nitrogen and oxygen atoms in total. The highest BCUT2D eigenvalue weighted by Gasteiger charge is 2.38. The molecule has 94 valence electrons. The summed E-state index contributed by atoms with van der Waals surface area (Å²) < 4.78 is 0. The zero-order valence-electron chi connectivity index (χ0n) is 10.8. The van der Waals surface area contributed by atoms with Crippen molar-refractivity contribution in [2.75, 3.05) is 13.7 Å². The van der Waals surface area contributed by atoms with Crippen LogP contribution in [0.4, 0.5) is 0 Å². The van der Waals surface area contributed by atoms with Crippen LogP contribution in [0.3, 0.4) is 0 Å². The summed E-state index contributed by atoms with van der Waals surface area (Å²) in [5.74, 6) is 0.359. The lowest BCUT2D eigenvalue weighted by atomic mass is 9.95. The number of hydrogen-bond donors (Lipinski definition) is 2. The number of fused-ring (bicyclic) bond motifs is 2. The van der Waals surface area contributed by atoms with Gasteiger partial charge < -0.3 is 15.3 Å². The van der Waals surface area contributed by atoms with Gasteiger partial charge in [-0.05, 0) is 45.6 Å². The third-order valence-electron chi connectivity index (χ3n) is 4.74. The fourth-order valence-corrected chi connectivity index (χ4v) is 3.24. The van der Waals surface area contributed by atoms with E-state index < -0.39 is 0 Å². The van der Waals surface area contributed by atoms with E-state index in [-0.39, 0.29) is 6.61 Å². The first-order valence-electron chi connectivity index (χ1n) is 6.70. The standard InChI is InChI=1S/C13H26N2O/c1-9(8-16)10(2)14-11-6-12-4-5-13(7-11)15(12)3/h9-14,16H,4-8H2,1-3H3. The summed E-state index contributed by atoms with van der Waals surface area (Å²) in [6, 6.07) is 2.69. The molecule has 2 bridgehead atoms. The first kappa shape index (κ1) is 12.3. The van der Waals surface area contributed by atoms with Gasteiger partial charge in [0.15, 0.2) is 0 Å². The lowest BCUT2D eigenvalue weighted by Crippen LogP contribution is -2.50. The summed E-state index contributed by atoms with van der Waals surface area (Å²) in [6.45, 7) is 4.59. The molecule has 2 heterocycles. The largest absolute Gasteiger partial charge is 0.396 e. The van der Waals surface area contributed by atoms with Gasteiger partial charge >= 0.3 is 0 Å². The SMILES string of the molecule is CC(CO)C(C)NC1CC2CCC(C1)N2C. The van der Waals surface area contributed by atoms with E-state index in [9.17, 15) is 0 Å².